The van der Waals surface area contributed by atoms with Crippen LogP contribution in [0.3, 0.4) is 0 Å². The zero-order chi connectivity index (χ0) is 25.6. The molecule has 4 heterocycles. The lowest BCUT2D eigenvalue weighted by Crippen LogP contribution is -2.45. The van der Waals surface area contributed by atoms with E-state index in [2.05, 4.69) is 25.2 Å². The Bertz CT molecular complexity index is 1380. The van der Waals surface area contributed by atoms with Gasteiger partial charge in [-0.1, -0.05) is 17.0 Å². The van der Waals surface area contributed by atoms with Gasteiger partial charge in [0, 0.05) is 17.3 Å². The van der Waals surface area contributed by atoms with E-state index in [9.17, 15) is 18.0 Å². The van der Waals surface area contributed by atoms with Crippen molar-refractivity contribution in [3.05, 3.63) is 42.2 Å². The third kappa shape index (κ3) is 4.66. The third-order valence-electron chi connectivity index (χ3n) is 7.21. The van der Waals surface area contributed by atoms with Crippen molar-refractivity contribution in [2.45, 2.75) is 38.0 Å². The Hall–Kier alpha value is -3.51. The first kappa shape index (κ1) is 23.9. The molecule has 1 saturated heterocycles. The van der Waals surface area contributed by atoms with Gasteiger partial charge in [0.15, 0.2) is 0 Å². The van der Waals surface area contributed by atoms with E-state index in [1.165, 1.54) is 12.4 Å². The molecular formula is C25H24F3N5O4. The number of alkyl halides is 3. The number of hydrogen-bond donors (Lipinski definition) is 1. The Balaban J connectivity index is 1.39. The highest BCUT2D eigenvalue weighted by atomic mass is 19.4. The van der Waals surface area contributed by atoms with Crippen molar-refractivity contribution in [1.29, 1.82) is 0 Å². The van der Waals surface area contributed by atoms with E-state index in [0.29, 0.717) is 42.3 Å². The quantitative estimate of drug-likeness (QED) is 0.553. The summed E-state index contributed by atoms with van der Waals surface area (Å²) in [7, 11) is 0. The smallest absolute Gasteiger partial charge is 0.471 e. The number of carbonyl (C=O) groups excluding carboxylic acids is 1. The van der Waals surface area contributed by atoms with Gasteiger partial charge in [0.25, 0.3) is 0 Å². The van der Waals surface area contributed by atoms with Crippen LogP contribution in [-0.2, 0) is 9.53 Å². The van der Waals surface area contributed by atoms with Gasteiger partial charge in [0.1, 0.15) is 23.0 Å². The molecule has 3 aromatic rings. The van der Waals surface area contributed by atoms with E-state index < -0.39 is 12.1 Å². The lowest BCUT2D eigenvalue weighted by molar-refractivity contribution is -0.200. The molecular weight excluding hydrogens is 491 g/mol. The van der Waals surface area contributed by atoms with Crippen molar-refractivity contribution in [3.8, 4) is 17.3 Å². The Morgan fingerprint density at radius 2 is 2.08 bits per heavy atom. The monoisotopic (exact) mass is 515 g/mol. The second-order valence-corrected chi connectivity index (χ2v) is 9.55. The van der Waals surface area contributed by atoms with E-state index in [0.717, 1.165) is 36.9 Å². The number of ether oxygens (including phenoxy) is 2. The number of rotatable bonds is 5. The third-order valence-corrected chi connectivity index (χ3v) is 7.21. The van der Waals surface area contributed by atoms with E-state index in [4.69, 9.17) is 9.47 Å². The molecule has 1 atom stereocenters. The van der Waals surface area contributed by atoms with Crippen molar-refractivity contribution in [2.75, 3.05) is 26.3 Å². The maximum atomic E-state index is 12.9. The molecule has 1 aliphatic carbocycles. The SMILES string of the molecule is O=C(On1nc(-c2cncc(OC3CNCCC34CC4)n2)c2cc(C3=CCOCC3)ccc21)C(F)(F)F. The Kier molecular flexibility index (Phi) is 5.87. The van der Waals surface area contributed by atoms with Crippen molar-refractivity contribution in [2.24, 2.45) is 5.41 Å². The molecule has 1 spiro atoms. The number of piperidine rings is 1. The number of halogens is 3. The molecule has 194 valence electrons. The van der Waals surface area contributed by atoms with E-state index >= 15 is 0 Å². The molecule has 12 heteroatoms. The lowest BCUT2D eigenvalue weighted by atomic mass is 9.92. The van der Waals surface area contributed by atoms with Crippen LogP contribution >= 0.6 is 0 Å². The Morgan fingerprint density at radius 1 is 1.22 bits per heavy atom. The molecule has 37 heavy (non-hydrogen) atoms. The van der Waals surface area contributed by atoms with Crippen LogP contribution in [0.2, 0.25) is 0 Å². The molecule has 0 amide bonds. The van der Waals surface area contributed by atoms with Crippen LogP contribution in [0.1, 0.15) is 31.2 Å². The lowest BCUT2D eigenvalue weighted by Gasteiger charge is -2.32. The molecule has 1 N–H and O–H groups in total. The fraction of sp³-hybridized carbons (Fsp3) is 0.440. The highest BCUT2D eigenvalue weighted by molar-refractivity contribution is 5.95. The fourth-order valence-electron chi connectivity index (χ4n) is 4.98. The van der Waals surface area contributed by atoms with Gasteiger partial charge < -0.3 is 19.6 Å². The van der Waals surface area contributed by atoms with Crippen LogP contribution in [0.4, 0.5) is 13.2 Å². The van der Waals surface area contributed by atoms with Gasteiger partial charge in [-0.25, -0.2) is 9.78 Å². The Labute approximate surface area is 209 Å². The van der Waals surface area contributed by atoms with Crippen LogP contribution in [0, 0.1) is 5.41 Å². The van der Waals surface area contributed by atoms with E-state index in [-0.39, 0.29) is 28.4 Å². The summed E-state index contributed by atoms with van der Waals surface area (Å²) >= 11 is 0. The summed E-state index contributed by atoms with van der Waals surface area (Å²) < 4.78 is 50.4. The fourth-order valence-corrected chi connectivity index (χ4v) is 4.98. The van der Waals surface area contributed by atoms with E-state index in [1.807, 2.05) is 6.08 Å². The van der Waals surface area contributed by atoms with Crippen LogP contribution in [0.5, 0.6) is 5.88 Å². The second-order valence-electron chi connectivity index (χ2n) is 9.55. The van der Waals surface area contributed by atoms with Gasteiger partial charge in [-0.05, 0) is 55.5 Å². The summed E-state index contributed by atoms with van der Waals surface area (Å²) in [6, 6.07) is 5.12. The molecule has 2 aromatic heterocycles. The number of fused-ring (bicyclic) bond motifs is 1. The molecule has 2 aliphatic heterocycles. The molecule has 3 aliphatic rings. The number of hydrogen-bond acceptors (Lipinski definition) is 8. The highest BCUT2D eigenvalue weighted by Crippen LogP contribution is 2.53. The summed E-state index contributed by atoms with van der Waals surface area (Å²) in [6.07, 6.45) is 3.65. The molecule has 9 nitrogen and oxygen atoms in total. The minimum atomic E-state index is -5.17. The highest BCUT2D eigenvalue weighted by Gasteiger charge is 2.52. The standard InChI is InChI=1S/C25H24F3N5O4/c26-25(27,28)23(34)37-33-19-2-1-16(15-3-9-35-10-4-15)11-17(19)22(32-33)18-12-30-14-21(31-18)36-20-13-29-8-7-24(20)5-6-24/h1-3,11-12,14,20,29H,4-10,13H2. The first-order valence-corrected chi connectivity index (χ1v) is 12.1. The summed E-state index contributed by atoms with van der Waals surface area (Å²) in [5.41, 5.74) is 2.77. The average Bonchev–Trinajstić information content (AvgIpc) is 3.58. The van der Waals surface area contributed by atoms with Crippen molar-refractivity contribution >= 4 is 22.4 Å². The topological polar surface area (TPSA) is 100 Å². The summed E-state index contributed by atoms with van der Waals surface area (Å²) in [5.74, 6) is -2.07. The van der Waals surface area contributed by atoms with Gasteiger partial charge in [-0.15, -0.1) is 5.10 Å². The van der Waals surface area contributed by atoms with Gasteiger partial charge in [0.2, 0.25) is 5.88 Å². The predicted octanol–water partition coefficient (Wildman–Crippen LogP) is 3.34. The molecule has 6 rings (SSSR count). The largest absolute Gasteiger partial charge is 0.493 e. The first-order chi connectivity index (χ1) is 17.8. The number of benzene rings is 1. The zero-order valence-corrected chi connectivity index (χ0v) is 19.8. The van der Waals surface area contributed by atoms with Gasteiger partial charge in [0.05, 0.1) is 25.6 Å². The average molecular weight is 515 g/mol. The molecule has 1 aromatic carbocycles. The molecule has 0 radical (unpaired) electrons. The van der Waals surface area contributed by atoms with Gasteiger partial charge >= 0.3 is 12.1 Å². The maximum Gasteiger partial charge on any atom is 0.493 e. The summed E-state index contributed by atoms with van der Waals surface area (Å²) in [4.78, 5) is 25.6. The van der Waals surface area contributed by atoms with Crippen LogP contribution in [0.15, 0.2) is 36.7 Å². The van der Waals surface area contributed by atoms with Crippen LogP contribution in [-0.4, -0.2) is 64.5 Å². The summed E-state index contributed by atoms with van der Waals surface area (Å²) in [6.45, 7) is 2.71. The van der Waals surface area contributed by atoms with Gasteiger partial charge in [-0.2, -0.15) is 13.2 Å². The number of nitrogens with one attached hydrogen (secondary N) is 1. The van der Waals surface area contributed by atoms with E-state index in [1.54, 1.807) is 18.2 Å². The normalized spacial score (nSPS) is 21.1. The van der Waals surface area contributed by atoms with Crippen molar-refractivity contribution in [3.63, 3.8) is 0 Å². The van der Waals surface area contributed by atoms with Gasteiger partial charge in [-0.3, -0.25) is 4.98 Å². The summed E-state index contributed by atoms with van der Waals surface area (Å²) in [5, 5.41) is 8.00. The molecule has 0 bridgehead atoms. The predicted molar refractivity (Wildman–Crippen MR) is 125 cm³/mol. The molecule has 2 fully saturated rings. The van der Waals surface area contributed by atoms with Crippen molar-refractivity contribution < 1.29 is 32.3 Å². The zero-order valence-electron chi connectivity index (χ0n) is 19.8. The van der Waals surface area contributed by atoms with Crippen LogP contribution < -0.4 is 14.9 Å². The minimum Gasteiger partial charge on any atom is -0.471 e. The minimum absolute atomic E-state index is 0.0418. The Morgan fingerprint density at radius 3 is 2.84 bits per heavy atom. The number of nitrogens with zero attached hydrogens (tertiary/aromatic N) is 4. The number of aromatic nitrogens is 4. The number of carbonyl (C=O) groups is 1. The second kappa shape index (κ2) is 9.10. The van der Waals surface area contributed by atoms with Crippen LogP contribution in [0.25, 0.3) is 27.9 Å². The van der Waals surface area contributed by atoms with Crippen molar-refractivity contribution in [1.82, 2.24) is 25.2 Å². The maximum absolute atomic E-state index is 12.9. The molecule has 1 unspecified atom stereocenters. The molecule has 1 saturated carbocycles. The first-order valence-electron chi connectivity index (χ1n) is 12.1.